The van der Waals surface area contributed by atoms with E-state index in [1.807, 2.05) is 32.8 Å². The van der Waals surface area contributed by atoms with Gasteiger partial charge in [0.25, 0.3) is 0 Å². The van der Waals surface area contributed by atoms with E-state index in [9.17, 15) is 4.39 Å². The molecule has 0 bridgehead atoms. The summed E-state index contributed by atoms with van der Waals surface area (Å²) in [5, 5.41) is 9.09. The van der Waals surface area contributed by atoms with Gasteiger partial charge in [-0.1, -0.05) is 0 Å². The van der Waals surface area contributed by atoms with Crippen LogP contribution in [0.5, 0.6) is 0 Å². The Kier molecular flexibility index (Phi) is 5.50. The molecule has 18 heavy (non-hydrogen) atoms. The molecule has 5 heteroatoms. The third-order valence-corrected chi connectivity index (χ3v) is 2.90. The Morgan fingerprint density at radius 1 is 1.44 bits per heavy atom. The number of pyridine rings is 1. The van der Waals surface area contributed by atoms with Crippen LogP contribution in [0.3, 0.4) is 0 Å². The van der Waals surface area contributed by atoms with Crippen molar-refractivity contribution in [2.24, 2.45) is 0 Å². The average molecular weight is 255 g/mol. The molecule has 0 aliphatic carbocycles. The fourth-order valence-electron chi connectivity index (χ4n) is 2.09. The zero-order chi connectivity index (χ0) is 13.7. The first-order chi connectivity index (χ1) is 8.51. The van der Waals surface area contributed by atoms with Crippen LogP contribution in [0.2, 0.25) is 0 Å². The first-order valence-electron chi connectivity index (χ1n) is 6.16. The minimum Gasteiger partial charge on any atom is -0.392 e. The molecule has 0 aliphatic heterocycles. The van der Waals surface area contributed by atoms with Crippen LogP contribution in [-0.4, -0.2) is 48.2 Å². The van der Waals surface area contributed by atoms with E-state index in [1.54, 1.807) is 0 Å². The number of nitrogens with zero attached hydrogens (tertiary/aromatic N) is 3. The number of rotatable bonds is 6. The molecule has 0 saturated carbocycles. The second kappa shape index (κ2) is 6.66. The van der Waals surface area contributed by atoms with Gasteiger partial charge in [-0.3, -0.25) is 0 Å². The van der Waals surface area contributed by atoms with Crippen molar-refractivity contribution in [2.45, 2.75) is 26.5 Å². The quantitative estimate of drug-likeness (QED) is 0.836. The molecule has 0 radical (unpaired) electrons. The van der Waals surface area contributed by atoms with Gasteiger partial charge in [0, 0.05) is 30.9 Å². The molecule has 0 spiro atoms. The van der Waals surface area contributed by atoms with Gasteiger partial charge >= 0.3 is 0 Å². The van der Waals surface area contributed by atoms with Gasteiger partial charge < -0.3 is 14.9 Å². The Labute approximate surface area is 108 Å². The van der Waals surface area contributed by atoms with Crippen LogP contribution in [0.15, 0.2) is 12.3 Å². The highest BCUT2D eigenvalue weighted by Crippen LogP contribution is 2.21. The van der Waals surface area contributed by atoms with Crippen molar-refractivity contribution in [1.82, 2.24) is 9.88 Å². The van der Waals surface area contributed by atoms with Crippen LogP contribution in [-0.2, 0) is 6.61 Å². The maximum atomic E-state index is 14.1. The predicted octanol–water partition coefficient (Wildman–Crippen LogP) is 1.49. The van der Waals surface area contributed by atoms with Crippen molar-refractivity contribution in [3.8, 4) is 0 Å². The molecule has 102 valence electrons. The largest absolute Gasteiger partial charge is 0.392 e. The van der Waals surface area contributed by atoms with Crippen LogP contribution < -0.4 is 4.90 Å². The van der Waals surface area contributed by atoms with Crippen molar-refractivity contribution in [2.75, 3.05) is 32.1 Å². The first kappa shape index (κ1) is 14.9. The lowest BCUT2D eigenvalue weighted by Gasteiger charge is -2.31. The molecule has 1 rings (SSSR count). The molecule has 1 aromatic rings. The maximum Gasteiger partial charge on any atom is 0.171 e. The fraction of sp³-hybridized carbons (Fsp3) is 0.615. The van der Waals surface area contributed by atoms with Crippen molar-refractivity contribution in [3.05, 3.63) is 23.6 Å². The normalized spacial score (nSPS) is 12.8. The summed E-state index contributed by atoms with van der Waals surface area (Å²) in [6.07, 6.45) is 1.54. The SMILES string of the molecule is CCN(c1nccc(CO)c1F)C(C)CN(C)C. The predicted molar refractivity (Wildman–Crippen MR) is 71.2 cm³/mol. The summed E-state index contributed by atoms with van der Waals surface area (Å²) in [4.78, 5) is 8.08. The van der Waals surface area contributed by atoms with Crippen molar-refractivity contribution in [1.29, 1.82) is 0 Å². The molecular formula is C13H22FN3O. The molecule has 0 aliphatic rings. The average Bonchev–Trinajstić information content (AvgIpc) is 2.31. The van der Waals surface area contributed by atoms with E-state index >= 15 is 0 Å². The Hall–Kier alpha value is -1.20. The van der Waals surface area contributed by atoms with Crippen LogP contribution in [0.25, 0.3) is 0 Å². The summed E-state index contributed by atoms with van der Waals surface area (Å²) in [6, 6.07) is 1.66. The minimum atomic E-state index is -0.424. The Morgan fingerprint density at radius 2 is 2.11 bits per heavy atom. The number of aromatic nitrogens is 1. The summed E-state index contributed by atoms with van der Waals surface area (Å²) >= 11 is 0. The maximum absolute atomic E-state index is 14.1. The van der Waals surface area contributed by atoms with Crippen molar-refractivity contribution < 1.29 is 9.50 Å². The van der Waals surface area contributed by atoms with Gasteiger partial charge in [-0.2, -0.15) is 0 Å². The number of hydrogen-bond donors (Lipinski definition) is 1. The lowest BCUT2D eigenvalue weighted by atomic mass is 10.2. The number of hydrogen-bond acceptors (Lipinski definition) is 4. The number of likely N-dealkylation sites (N-methyl/N-ethyl adjacent to an activating group) is 2. The van der Waals surface area contributed by atoms with E-state index in [2.05, 4.69) is 9.88 Å². The molecule has 1 atom stereocenters. The van der Waals surface area contributed by atoms with Crippen LogP contribution >= 0.6 is 0 Å². The smallest absolute Gasteiger partial charge is 0.171 e. The highest BCUT2D eigenvalue weighted by atomic mass is 19.1. The van der Waals surface area contributed by atoms with Gasteiger partial charge in [0.1, 0.15) is 0 Å². The second-order valence-corrected chi connectivity index (χ2v) is 4.66. The molecule has 4 nitrogen and oxygen atoms in total. The number of anilines is 1. The summed E-state index contributed by atoms with van der Waals surface area (Å²) in [5.74, 6) is -0.106. The first-order valence-corrected chi connectivity index (χ1v) is 6.16. The molecule has 1 aromatic heterocycles. The van der Waals surface area contributed by atoms with E-state index < -0.39 is 5.82 Å². The zero-order valence-corrected chi connectivity index (χ0v) is 11.5. The number of aliphatic hydroxyl groups is 1. The van der Waals surface area contributed by atoms with Gasteiger partial charge in [-0.25, -0.2) is 9.37 Å². The summed E-state index contributed by atoms with van der Waals surface area (Å²) in [5.41, 5.74) is 0.288. The van der Waals surface area contributed by atoms with E-state index in [0.29, 0.717) is 12.4 Å². The highest BCUT2D eigenvalue weighted by Gasteiger charge is 2.19. The molecule has 1 heterocycles. The van der Waals surface area contributed by atoms with E-state index in [0.717, 1.165) is 6.54 Å². The second-order valence-electron chi connectivity index (χ2n) is 4.66. The molecule has 0 amide bonds. The minimum absolute atomic E-state index is 0.154. The zero-order valence-electron chi connectivity index (χ0n) is 11.5. The van der Waals surface area contributed by atoms with E-state index in [4.69, 9.17) is 5.11 Å². The van der Waals surface area contributed by atoms with Crippen LogP contribution in [0.1, 0.15) is 19.4 Å². The highest BCUT2D eigenvalue weighted by molar-refractivity contribution is 5.43. The number of halogens is 1. The molecule has 0 saturated heterocycles. The topological polar surface area (TPSA) is 39.6 Å². The summed E-state index contributed by atoms with van der Waals surface area (Å²) < 4.78 is 14.1. The Balaban J connectivity index is 3.01. The summed E-state index contributed by atoms with van der Waals surface area (Å²) in [7, 11) is 3.97. The van der Waals surface area contributed by atoms with Crippen molar-refractivity contribution >= 4 is 5.82 Å². The van der Waals surface area contributed by atoms with Crippen LogP contribution in [0.4, 0.5) is 10.2 Å². The van der Waals surface area contributed by atoms with E-state index in [1.165, 1.54) is 12.3 Å². The Morgan fingerprint density at radius 3 is 2.61 bits per heavy atom. The Bertz CT molecular complexity index is 384. The lowest BCUT2D eigenvalue weighted by molar-refractivity contribution is 0.275. The molecular weight excluding hydrogens is 233 g/mol. The van der Waals surface area contributed by atoms with Gasteiger partial charge in [0.05, 0.1) is 6.61 Å². The van der Waals surface area contributed by atoms with Gasteiger partial charge in [-0.15, -0.1) is 0 Å². The standard InChI is InChI=1S/C13H22FN3O/c1-5-17(10(2)8-16(3)4)13-12(14)11(9-18)6-7-15-13/h6-7,10,18H,5,8-9H2,1-4H3. The van der Waals surface area contributed by atoms with Crippen LogP contribution in [0, 0.1) is 5.82 Å². The monoisotopic (exact) mass is 255 g/mol. The molecule has 1 unspecified atom stereocenters. The molecule has 0 fully saturated rings. The fourth-order valence-corrected chi connectivity index (χ4v) is 2.09. The third-order valence-electron chi connectivity index (χ3n) is 2.90. The molecule has 1 N–H and O–H groups in total. The van der Waals surface area contributed by atoms with E-state index in [-0.39, 0.29) is 18.2 Å². The van der Waals surface area contributed by atoms with Gasteiger partial charge in [0.15, 0.2) is 11.6 Å². The van der Waals surface area contributed by atoms with Gasteiger partial charge in [-0.05, 0) is 34.0 Å². The number of aliphatic hydroxyl groups excluding tert-OH is 1. The van der Waals surface area contributed by atoms with Crippen molar-refractivity contribution in [3.63, 3.8) is 0 Å². The molecule has 0 aromatic carbocycles. The third kappa shape index (κ3) is 3.40. The summed E-state index contributed by atoms with van der Waals surface area (Å²) in [6.45, 7) is 5.20. The van der Waals surface area contributed by atoms with Gasteiger partial charge in [0.2, 0.25) is 0 Å². The lowest BCUT2D eigenvalue weighted by Crippen LogP contribution is -2.41.